The van der Waals surface area contributed by atoms with Crippen molar-refractivity contribution in [2.75, 3.05) is 7.11 Å². The second-order valence-electron chi connectivity index (χ2n) is 8.75. The highest BCUT2D eigenvalue weighted by molar-refractivity contribution is 7.11. The standard InChI is InChI=1S/C28H36O6S/c1-5-6-7-10-13-21-16-22(35-18-21)15-20(3)27(31)26-23(29)17-24(34-28(26)32)19(2)12-9-8-11-14-25(30)33-4/h8,11,15-19,29H,5-7,9-10,12-14H2,1-4H3/b11-8+,20-15?. The summed E-state index contributed by atoms with van der Waals surface area (Å²) in [4.78, 5) is 37.6. The van der Waals surface area contributed by atoms with Gasteiger partial charge in [-0.1, -0.05) is 45.3 Å². The Morgan fingerprint density at radius 1 is 1.20 bits per heavy atom. The summed E-state index contributed by atoms with van der Waals surface area (Å²) in [5.74, 6) is -1.06. The number of carbonyl (C=O) groups is 2. The molecule has 0 fully saturated rings. The van der Waals surface area contributed by atoms with E-state index in [1.165, 1.54) is 38.0 Å². The number of aryl methyl sites for hydroxylation is 1. The van der Waals surface area contributed by atoms with E-state index >= 15 is 0 Å². The van der Waals surface area contributed by atoms with Crippen LogP contribution in [0.2, 0.25) is 0 Å². The lowest BCUT2D eigenvalue weighted by atomic mass is 9.99. The van der Waals surface area contributed by atoms with Crippen LogP contribution in [0.3, 0.4) is 0 Å². The molecule has 0 amide bonds. The Kier molecular flexibility index (Phi) is 11.7. The Morgan fingerprint density at radius 2 is 1.97 bits per heavy atom. The van der Waals surface area contributed by atoms with Gasteiger partial charge in [0, 0.05) is 16.9 Å². The average Bonchev–Trinajstić information content (AvgIpc) is 3.27. The predicted octanol–water partition coefficient (Wildman–Crippen LogP) is 6.82. The van der Waals surface area contributed by atoms with Crippen molar-refractivity contribution in [1.29, 1.82) is 0 Å². The van der Waals surface area contributed by atoms with Gasteiger partial charge < -0.3 is 14.3 Å². The molecule has 2 aromatic rings. The van der Waals surface area contributed by atoms with E-state index in [0.717, 1.165) is 17.7 Å². The van der Waals surface area contributed by atoms with Crippen molar-refractivity contribution in [1.82, 2.24) is 0 Å². The maximum absolute atomic E-state index is 12.9. The number of rotatable bonds is 14. The van der Waals surface area contributed by atoms with Gasteiger partial charge in [0.2, 0.25) is 0 Å². The molecule has 0 aliphatic rings. The monoisotopic (exact) mass is 500 g/mol. The molecule has 0 saturated carbocycles. The first kappa shape index (κ1) is 28.3. The van der Waals surface area contributed by atoms with Gasteiger partial charge in [0.05, 0.1) is 13.5 Å². The smallest absolute Gasteiger partial charge is 0.351 e. The van der Waals surface area contributed by atoms with E-state index in [1.54, 1.807) is 30.4 Å². The molecule has 0 saturated heterocycles. The Labute approximate surface area is 211 Å². The lowest BCUT2D eigenvalue weighted by molar-refractivity contribution is -0.139. The Morgan fingerprint density at radius 3 is 2.66 bits per heavy atom. The number of ether oxygens (including phenoxy) is 1. The maximum Gasteiger partial charge on any atom is 0.351 e. The third-order valence-corrected chi connectivity index (χ3v) is 6.75. The van der Waals surface area contributed by atoms with Gasteiger partial charge in [-0.2, -0.15) is 0 Å². The van der Waals surface area contributed by atoms with Crippen molar-refractivity contribution in [3.8, 4) is 5.75 Å². The van der Waals surface area contributed by atoms with E-state index in [1.807, 2.05) is 13.0 Å². The molecule has 2 rings (SSSR count). The number of methoxy groups -OCH3 is 1. The maximum atomic E-state index is 12.9. The van der Waals surface area contributed by atoms with Crippen molar-refractivity contribution < 1.29 is 23.8 Å². The topological polar surface area (TPSA) is 93.8 Å². The molecule has 35 heavy (non-hydrogen) atoms. The fourth-order valence-corrected chi connectivity index (χ4v) is 4.59. The molecule has 0 aliphatic carbocycles. The van der Waals surface area contributed by atoms with Crippen molar-refractivity contribution in [2.24, 2.45) is 0 Å². The molecule has 1 N–H and O–H groups in total. The predicted molar refractivity (Wildman–Crippen MR) is 140 cm³/mol. The molecule has 7 heteroatoms. The molecule has 0 radical (unpaired) electrons. The van der Waals surface area contributed by atoms with E-state index in [0.29, 0.717) is 24.2 Å². The van der Waals surface area contributed by atoms with Gasteiger partial charge in [-0.25, -0.2) is 4.79 Å². The van der Waals surface area contributed by atoms with Gasteiger partial charge in [0.1, 0.15) is 17.1 Å². The van der Waals surface area contributed by atoms with E-state index in [2.05, 4.69) is 23.1 Å². The molecular formula is C28H36O6S. The van der Waals surface area contributed by atoms with E-state index in [4.69, 9.17) is 4.42 Å². The zero-order chi connectivity index (χ0) is 25.8. The Hall–Kier alpha value is -2.93. The Bertz CT molecular complexity index is 1100. The van der Waals surface area contributed by atoms with Gasteiger partial charge >= 0.3 is 11.6 Å². The molecular weight excluding hydrogens is 464 g/mol. The lowest BCUT2D eigenvalue weighted by Gasteiger charge is -2.11. The number of allylic oxidation sites excluding steroid dienone is 2. The number of Topliss-reactive ketones (excluding diaryl/α,β-unsaturated/α-hetero) is 1. The van der Waals surface area contributed by atoms with Crippen LogP contribution in [0.4, 0.5) is 0 Å². The van der Waals surface area contributed by atoms with Gasteiger partial charge in [0.25, 0.3) is 0 Å². The van der Waals surface area contributed by atoms with Crippen LogP contribution in [0, 0.1) is 0 Å². The van der Waals surface area contributed by atoms with Crippen LogP contribution in [0.15, 0.2) is 44.4 Å². The SMILES string of the molecule is CCCCCCc1csc(C=C(C)C(=O)c2c(O)cc(C(C)CC/C=C/CC(=O)OC)oc2=O)c1. The summed E-state index contributed by atoms with van der Waals surface area (Å²) >= 11 is 1.56. The summed E-state index contributed by atoms with van der Waals surface area (Å²) in [5, 5.41) is 12.6. The molecule has 2 aromatic heterocycles. The summed E-state index contributed by atoms with van der Waals surface area (Å²) in [6.45, 7) is 5.70. The van der Waals surface area contributed by atoms with Gasteiger partial charge in [-0.15, -0.1) is 11.3 Å². The molecule has 0 spiro atoms. The summed E-state index contributed by atoms with van der Waals surface area (Å²) in [6, 6.07) is 3.42. The van der Waals surface area contributed by atoms with E-state index in [9.17, 15) is 19.5 Å². The van der Waals surface area contributed by atoms with Crippen LogP contribution in [0.25, 0.3) is 6.08 Å². The van der Waals surface area contributed by atoms with Crippen LogP contribution in [0.1, 0.15) is 98.2 Å². The number of carbonyl (C=O) groups excluding carboxylic acids is 2. The normalized spacial score (nSPS) is 12.7. The second-order valence-corrected chi connectivity index (χ2v) is 9.69. The fourth-order valence-electron chi connectivity index (χ4n) is 3.65. The van der Waals surface area contributed by atoms with Crippen molar-refractivity contribution in [3.63, 3.8) is 0 Å². The first-order valence-electron chi connectivity index (χ1n) is 12.2. The molecule has 1 unspecified atom stereocenters. The van der Waals surface area contributed by atoms with Crippen LogP contribution in [-0.2, 0) is 16.0 Å². The first-order valence-corrected chi connectivity index (χ1v) is 13.0. The summed E-state index contributed by atoms with van der Waals surface area (Å²) in [6.07, 6.45) is 12.7. The molecule has 0 aromatic carbocycles. The number of esters is 1. The van der Waals surface area contributed by atoms with Crippen LogP contribution < -0.4 is 5.63 Å². The molecule has 6 nitrogen and oxygen atoms in total. The van der Waals surface area contributed by atoms with Gasteiger partial charge in [0.15, 0.2) is 5.78 Å². The van der Waals surface area contributed by atoms with E-state index in [-0.39, 0.29) is 29.6 Å². The van der Waals surface area contributed by atoms with Crippen molar-refractivity contribution in [2.45, 2.75) is 78.1 Å². The molecule has 1 atom stereocenters. The van der Waals surface area contributed by atoms with Gasteiger partial charge in [-0.3, -0.25) is 9.59 Å². The summed E-state index contributed by atoms with van der Waals surface area (Å²) < 4.78 is 9.97. The molecule has 2 heterocycles. The highest BCUT2D eigenvalue weighted by Crippen LogP contribution is 2.27. The van der Waals surface area contributed by atoms with Gasteiger partial charge in [-0.05, 0) is 61.3 Å². The van der Waals surface area contributed by atoms with E-state index < -0.39 is 11.4 Å². The number of aromatic hydroxyl groups is 1. The van der Waals surface area contributed by atoms with Crippen LogP contribution >= 0.6 is 11.3 Å². The largest absolute Gasteiger partial charge is 0.507 e. The third-order valence-electron chi connectivity index (χ3n) is 5.82. The average molecular weight is 501 g/mol. The number of ketones is 1. The van der Waals surface area contributed by atoms with Crippen LogP contribution in [0.5, 0.6) is 5.75 Å². The summed E-state index contributed by atoms with van der Waals surface area (Å²) in [7, 11) is 1.34. The highest BCUT2D eigenvalue weighted by atomic mass is 32.1. The number of hydrogen-bond donors (Lipinski definition) is 1. The number of hydrogen-bond acceptors (Lipinski definition) is 7. The third kappa shape index (κ3) is 8.98. The molecule has 0 bridgehead atoms. The minimum atomic E-state index is -0.839. The highest BCUT2D eigenvalue weighted by Gasteiger charge is 2.22. The minimum Gasteiger partial charge on any atom is -0.507 e. The minimum absolute atomic E-state index is 0.154. The zero-order valence-corrected chi connectivity index (χ0v) is 21.9. The van der Waals surface area contributed by atoms with Crippen molar-refractivity contribution in [3.05, 3.63) is 67.4 Å². The molecule has 190 valence electrons. The number of thiophene rings is 1. The first-order chi connectivity index (χ1) is 16.8. The quantitative estimate of drug-likeness (QED) is 0.101. The second kappa shape index (κ2) is 14.5. The van der Waals surface area contributed by atoms with Crippen LogP contribution in [-0.4, -0.2) is 24.0 Å². The number of unbranched alkanes of at least 4 members (excludes halogenated alkanes) is 3. The Balaban J connectivity index is 2.04. The molecule has 0 aliphatic heterocycles. The fraction of sp³-hybridized carbons (Fsp3) is 0.464. The summed E-state index contributed by atoms with van der Waals surface area (Å²) in [5.41, 5.74) is 0.430. The lowest BCUT2D eigenvalue weighted by Crippen LogP contribution is -2.16. The van der Waals surface area contributed by atoms with Crippen molar-refractivity contribution >= 4 is 29.2 Å². The zero-order valence-electron chi connectivity index (χ0n) is 21.1.